The molecule has 10 heteroatoms. The first-order valence-electron chi connectivity index (χ1n) is 15.5. The molecule has 0 fully saturated rings. The van der Waals surface area contributed by atoms with Gasteiger partial charge in [-0.1, -0.05) is 97.1 Å². The number of esters is 2. The topological polar surface area (TPSA) is 98.5 Å². The Hall–Kier alpha value is -2.91. The van der Waals surface area contributed by atoms with E-state index in [-0.39, 0.29) is 12.1 Å². The monoisotopic (exact) mass is 598 g/mol. The quantitative estimate of drug-likeness (QED) is 0.0356. The Balaban J connectivity index is 2.30. The van der Waals surface area contributed by atoms with Crippen molar-refractivity contribution in [2.45, 2.75) is 136 Å². The van der Waals surface area contributed by atoms with Crippen LogP contribution in [0.1, 0.15) is 129 Å². The Labute approximate surface area is 248 Å². The number of hydrogen-bond acceptors (Lipinski definition) is 6. The van der Waals surface area contributed by atoms with Crippen LogP contribution < -0.4 is 5.32 Å². The number of nitrogens with zero attached hydrogens (tertiary/aromatic N) is 1. The molecule has 0 aromatic heterocycles. The van der Waals surface area contributed by atoms with Gasteiger partial charge in [0.05, 0.1) is 10.5 Å². The first-order valence-corrected chi connectivity index (χ1v) is 15.5. The third kappa shape index (κ3) is 15.9. The van der Waals surface area contributed by atoms with Gasteiger partial charge < -0.3 is 10.1 Å². The van der Waals surface area contributed by atoms with E-state index in [4.69, 9.17) is 4.74 Å². The zero-order valence-electron chi connectivity index (χ0n) is 25.5. The largest absolute Gasteiger partial charge is 0.416 e. The van der Waals surface area contributed by atoms with E-state index >= 15 is 0 Å². The molecule has 0 saturated heterocycles. The molecule has 7 nitrogen and oxygen atoms in total. The number of allylic oxidation sites excluding steroid dienone is 2. The van der Waals surface area contributed by atoms with Gasteiger partial charge in [0.2, 0.25) is 0 Å². The van der Waals surface area contributed by atoms with E-state index < -0.39 is 46.2 Å². The number of carbonyl (C=O) groups excluding carboxylic acids is 2. The highest BCUT2D eigenvalue weighted by molar-refractivity contribution is 5.90. The molecule has 1 aromatic rings. The maximum absolute atomic E-state index is 13.0. The SMILES string of the molecule is CCCCCCCCCCC/C=C\CCCCCCC(=O)OC(=O)C(Nc1ccc(C(F)(F)F)cc1[N+](=O)[O-])C(C)C. The van der Waals surface area contributed by atoms with E-state index in [1.165, 1.54) is 57.8 Å². The van der Waals surface area contributed by atoms with Crippen molar-refractivity contribution in [2.24, 2.45) is 5.92 Å². The van der Waals surface area contributed by atoms with E-state index in [1.807, 2.05) is 0 Å². The van der Waals surface area contributed by atoms with Gasteiger partial charge in [0.1, 0.15) is 11.7 Å². The van der Waals surface area contributed by atoms with Crippen molar-refractivity contribution in [1.29, 1.82) is 0 Å². The van der Waals surface area contributed by atoms with Crippen molar-refractivity contribution < 1.29 is 32.4 Å². The zero-order valence-corrected chi connectivity index (χ0v) is 25.5. The van der Waals surface area contributed by atoms with Crippen LogP contribution in [0.2, 0.25) is 0 Å². The second-order valence-electron chi connectivity index (χ2n) is 11.2. The highest BCUT2D eigenvalue weighted by Crippen LogP contribution is 2.35. The smallest absolute Gasteiger partial charge is 0.392 e. The minimum Gasteiger partial charge on any atom is -0.392 e. The van der Waals surface area contributed by atoms with Crippen LogP contribution in [0.3, 0.4) is 0 Å². The van der Waals surface area contributed by atoms with Crippen molar-refractivity contribution in [2.75, 3.05) is 5.32 Å². The number of anilines is 1. The van der Waals surface area contributed by atoms with E-state index in [1.54, 1.807) is 13.8 Å². The first-order chi connectivity index (χ1) is 20.0. The molecule has 1 aromatic carbocycles. The summed E-state index contributed by atoms with van der Waals surface area (Å²) in [6.45, 7) is 5.50. The van der Waals surface area contributed by atoms with Gasteiger partial charge in [-0.15, -0.1) is 0 Å². The number of halogens is 3. The van der Waals surface area contributed by atoms with Gasteiger partial charge in [-0.25, -0.2) is 4.79 Å². The van der Waals surface area contributed by atoms with Gasteiger partial charge in [-0.3, -0.25) is 14.9 Å². The van der Waals surface area contributed by atoms with Crippen LogP contribution >= 0.6 is 0 Å². The van der Waals surface area contributed by atoms with Crippen LogP contribution in [0.25, 0.3) is 0 Å². The van der Waals surface area contributed by atoms with E-state index in [2.05, 4.69) is 24.4 Å². The Kier molecular flexibility index (Phi) is 18.5. The Morgan fingerprint density at radius 1 is 0.905 bits per heavy atom. The van der Waals surface area contributed by atoms with E-state index in [0.29, 0.717) is 18.6 Å². The number of ether oxygens (including phenoxy) is 1. The van der Waals surface area contributed by atoms with Crippen molar-refractivity contribution in [3.05, 3.63) is 46.0 Å². The average Bonchev–Trinajstić information content (AvgIpc) is 2.92. The maximum Gasteiger partial charge on any atom is 0.416 e. The molecule has 0 bridgehead atoms. The molecule has 0 aliphatic rings. The molecule has 0 amide bonds. The lowest BCUT2D eigenvalue weighted by Crippen LogP contribution is -2.37. The van der Waals surface area contributed by atoms with Gasteiger partial charge >= 0.3 is 18.1 Å². The number of alkyl halides is 3. The molecule has 0 heterocycles. The summed E-state index contributed by atoms with van der Waals surface area (Å²) in [4.78, 5) is 35.2. The Bertz CT molecular complexity index is 979. The van der Waals surface area contributed by atoms with Crippen LogP contribution in [0.5, 0.6) is 0 Å². The zero-order chi connectivity index (χ0) is 31.4. The molecule has 1 rings (SSSR count). The predicted octanol–water partition coefficient (Wildman–Crippen LogP) is 9.94. The van der Waals surface area contributed by atoms with Crippen molar-refractivity contribution in [1.82, 2.24) is 0 Å². The van der Waals surface area contributed by atoms with Crippen LogP contribution in [0.4, 0.5) is 24.5 Å². The van der Waals surface area contributed by atoms with E-state index in [0.717, 1.165) is 38.2 Å². The molecule has 0 aliphatic carbocycles. The molecular weight excluding hydrogens is 549 g/mol. The number of unbranched alkanes of at least 4 members (excludes halogenated alkanes) is 13. The van der Waals surface area contributed by atoms with Gasteiger partial charge in [0.25, 0.3) is 5.69 Å². The number of rotatable bonds is 22. The van der Waals surface area contributed by atoms with Crippen LogP contribution in [-0.4, -0.2) is 22.9 Å². The Morgan fingerprint density at radius 2 is 1.43 bits per heavy atom. The average molecular weight is 599 g/mol. The summed E-state index contributed by atoms with van der Waals surface area (Å²) in [5.74, 6) is -2.09. The summed E-state index contributed by atoms with van der Waals surface area (Å²) < 4.78 is 43.9. The normalized spacial score (nSPS) is 12.5. The summed E-state index contributed by atoms with van der Waals surface area (Å²) in [7, 11) is 0. The number of nitro benzene ring substituents is 1. The van der Waals surface area contributed by atoms with Gasteiger partial charge in [0, 0.05) is 12.5 Å². The lowest BCUT2D eigenvalue weighted by atomic mass is 10.0. The lowest BCUT2D eigenvalue weighted by molar-refractivity contribution is -0.384. The second kappa shape index (κ2) is 20.9. The predicted molar refractivity (Wildman–Crippen MR) is 160 cm³/mol. The molecule has 0 spiro atoms. The standard InChI is InChI=1S/C32H49F3N2O5/c1-4-5-6-7-8-9-10-11-12-13-14-15-16-17-18-19-20-21-29(38)42-31(39)30(25(2)3)36-27-23-22-26(32(33,34)35)24-28(27)37(40)41/h14-15,22-25,30,36H,4-13,16-21H2,1-3H3/b15-14-. The van der Waals surface area contributed by atoms with Crippen LogP contribution in [0, 0.1) is 16.0 Å². The second-order valence-corrected chi connectivity index (χ2v) is 11.2. The summed E-state index contributed by atoms with van der Waals surface area (Å²) in [5.41, 5.74) is -2.27. The fourth-order valence-electron chi connectivity index (χ4n) is 4.57. The highest BCUT2D eigenvalue weighted by atomic mass is 19.4. The van der Waals surface area contributed by atoms with E-state index in [9.17, 15) is 32.9 Å². The molecular formula is C32H49F3N2O5. The van der Waals surface area contributed by atoms with Crippen molar-refractivity contribution in [3.63, 3.8) is 0 Å². The number of nitro groups is 1. The van der Waals surface area contributed by atoms with Gasteiger partial charge in [-0.05, 0) is 50.2 Å². The summed E-state index contributed by atoms with van der Waals surface area (Å²) in [6, 6.07) is 0.839. The number of benzene rings is 1. The summed E-state index contributed by atoms with van der Waals surface area (Å²) >= 11 is 0. The molecule has 0 radical (unpaired) electrons. The molecule has 0 aliphatic heterocycles. The lowest BCUT2D eigenvalue weighted by Gasteiger charge is -2.21. The molecule has 42 heavy (non-hydrogen) atoms. The fourth-order valence-corrected chi connectivity index (χ4v) is 4.57. The number of hydrogen-bond donors (Lipinski definition) is 1. The van der Waals surface area contributed by atoms with Crippen LogP contribution in [0.15, 0.2) is 30.4 Å². The van der Waals surface area contributed by atoms with Crippen molar-refractivity contribution >= 4 is 23.3 Å². The van der Waals surface area contributed by atoms with Crippen molar-refractivity contribution in [3.8, 4) is 0 Å². The van der Waals surface area contributed by atoms with Gasteiger partial charge in [0.15, 0.2) is 0 Å². The Morgan fingerprint density at radius 3 is 1.93 bits per heavy atom. The maximum atomic E-state index is 13.0. The molecule has 238 valence electrons. The molecule has 1 atom stereocenters. The third-order valence-electron chi connectivity index (χ3n) is 7.11. The highest BCUT2D eigenvalue weighted by Gasteiger charge is 2.34. The minimum atomic E-state index is -4.75. The first kappa shape index (κ1) is 37.1. The minimum absolute atomic E-state index is 0.0609. The van der Waals surface area contributed by atoms with Gasteiger partial charge in [-0.2, -0.15) is 13.2 Å². The molecule has 1 unspecified atom stereocenters. The fraction of sp³-hybridized carbons (Fsp3) is 0.688. The summed E-state index contributed by atoms with van der Waals surface area (Å²) in [6.07, 6.45) is 17.2. The summed E-state index contributed by atoms with van der Waals surface area (Å²) in [5, 5.41) is 14.0. The molecule has 1 N–H and O–H groups in total. The van der Waals surface area contributed by atoms with Crippen LogP contribution in [-0.2, 0) is 20.5 Å². The third-order valence-corrected chi connectivity index (χ3v) is 7.11. The number of carbonyl (C=O) groups is 2. The number of nitrogens with one attached hydrogen (secondary N) is 1. The molecule has 0 saturated carbocycles.